The fraction of sp³-hybridized carbons (Fsp3) is 0.375. The van der Waals surface area contributed by atoms with Crippen LogP contribution < -0.4 is 10.9 Å². The maximum Gasteiger partial charge on any atom is 0.255 e. The number of nitrogens with zero attached hydrogens (tertiary/aromatic N) is 1. The smallest absolute Gasteiger partial charge is 0.255 e. The van der Waals surface area contributed by atoms with Crippen molar-refractivity contribution in [3.05, 3.63) is 62.8 Å². The molecule has 0 fully saturated rings. The van der Waals surface area contributed by atoms with Crippen molar-refractivity contribution in [1.82, 2.24) is 15.3 Å². The number of fused-ring (bicyclic) bond motifs is 1. The van der Waals surface area contributed by atoms with Gasteiger partial charge in [-0.05, 0) is 24.5 Å². The zero-order valence-electron chi connectivity index (χ0n) is 11.7. The number of benzene rings is 1. The average molecular weight is 269 g/mol. The molecule has 1 aromatic carbocycles. The molecule has 0 saturated heterocycles. The Morgan fingerprint density at radius 3 is 2.95 bits per heavy atom. The highest BCUT2D eigenvalue weighted by atomic mass is 16.1. The van der Waals surface area contributed by atoms with Crippen molar-refractivity contribution in [2.45, 2.75) is 32.7 Å². The third kappa shape index (κ3) is 2.65. The SMILES string of the molecule is Cc1ccccc1CCc1nc2c(c(=O)[nH]1)CNCC2. The summed E-state index contributed by atoms with van der Waals surface area (Å²) in [5, 5.41) is 3.21. The molecular formula is C16H19N3O. The first-order valence-electron chi connectivity index (χ1n) is 7.10. The van der Waals surface area contributed by atoms with Crippen LogP contribution in [0.1, 0.15) is 28.2 Å². The van der Waals surface area contributed by atoms with E-state index in [2.05, 4.69) is 40.4 Å². The maximum atomic E-state index is 12.0. The van der Waals surface area contributed by atoms with Crippen molar-refractivity contribution in [1.29, 1.82) is 0 Å². The summed E-state index contributed by atoms with van der Waals surface area (Å²) in [6, 6.07) is 8.35. The van der Waals surface area contributed by atoms with E-state index in [0.29, 0.717) is 6.54 Å². The Kier molecular flexibility index (Phi) is 3.65. The van der Waals surface area contributed by atoms with Crippen LogP contribution in [0.5, 0.6) is 0 Å². The van der Waals surface area contributed by atoms with E-state index in [1.165, 1.54) is 11.1 Å². The van der Waals surface area contributed by atoms with Gasteiger partial charge >= 0.3 is 0 Å². The highest BCUT2D eigenvalue weighted by molar-refractivity contribution is 5.26. The van der Waals surface area contributed by atoms with E-state index >= 15 is 0 Å². The van der Waals surface area contributed by atoms with Gasteiger partial charge in [-0.15, -0.1) is 0 Å². The lowest BCUT2D eigenvalue weighted by Crippen LogP contribution is -2.32. The summed E-state index contributed by atoms with van der Waals surface area (Å²) in [5.74, 6) is 0.805. The minimum atomic E-state index is 0.0157. The standard InChI is InChI=1S/C16H19N3O/c1-11-4-2-3-5-12(11)6-7-15-18-14-8-9-17-10-13(14)16(20)19-15/h2-5,17H,6-10H2,1H3,(H,18,19,20). The predicted molar refractivity (Wildman–Crippen MR) is 78.9 cm³/mol. The summed E-state index contributed by atoms with van der Waals surface area (Å²) in [6.45, 7) is 3.65. The van der Waals surface area contributed by atoms with E-state index < -0.39 is 0 Å². The molecule has 0 aliphatic carbocycles. The quantitative estimate of drug-likeness (QED) is 0.888. The molecule has 0 saturated carbocycles. The molecule has 0 unspecified atom stereocenters. The molecular weight excluding hydrogens is 250 g/mol. The van der Waals surface area contributed by atoms with Crippen molar-refractivity contribution >= 4 is 0 Å². The molecule has 0 atom stereocenters. The molecule has 4 heteroatoms. The van der Waals surface area contributed by atoms with Crippen LogP contribution >= 0.6 is 0 Å². The second-order valence-corrected chi connectivity index (χ2v) is 5.29. The van der Waals surface area contributed by atoms with Crippen LogP contribution in [0.25, 0.3) is 0 Å². The third-order valence-corrected chi connectivity index (χ3v) is 3.88. The van der Waals surface area contributed by atoms with Gasteiger partial charge in [0.1, 0.15) is 5.82 Å². The summed E-state index contributed by atoms with van der Waals surface area (Å²) >= 11 is 0. The highest BCUT2D eigenvalue weighted by Gasteiger charge is 2.14. The molecule has 1 aliphatic rings. The number of H-pyrrole nitrogens is 1. The van der Waals surface area contributed by atoms with Crippen molar-refractivity contribution in [2.24, 2.45) is 0 Å². The monoisotopic (exact) mass is 269 g/mol. The molecule has 2 heterocycles. The van der Waals surface area contributed by atoms with Gasteiger partial charge in [-0.2, -0.15) is 0 Å². The second kappa shape index (κ2) is 5.59. The number of hydrogen-bond acceptors (Lipinski definition) is 3. The molecule has 0 amide bonds. The topological polar surface area (TPSA) is 57.8 Å². The van der Waals surface area contributed by atoms with E-state index in [-0.39, 0.29) is 5.56 Å². The Balaban J connectivity index is 1.80. The first-order valence-corrected chi connectivity index (χ1v) is 7.10. The number of rotatable bonds is 3. The Hall–Kier alpha value is -1.94. The summed E-state index contributed by atoms with van der Waals surface area (Å²) in [4.78, 5) is 19.6. The van der Waals surface area contributed by atoms with Gasteiger partial charge in [-0.3, -0.25) is 4.79 Å². The average Bonchev–Trinajstić information content (AvgIpc) is 2.46. The Labute approximate surface area is 118 Å². The minimum absolute atomic E-state index is 0.0157. The molecule has 0 spiro atoms. The van der Waals surface area contributed by atoms with Crippen molar-refractivity contribution in [3.63, 3.8) is 0 Å². The number of aryl methyl sites for hydroxylation is 3. The lowest BCUT2D eigenvalue weighted by molar-refractivity contribution is 0.612. The van der Waals surface area contributed by atoms with Crippen molar-refractivity contribution < 1.29 is 0 Å². The van der Waals surface area contributed by atoms with Crippen LogP contribution in [0.4, 0.5) is 0 Å². The Morgan fingerprint density at radius 2 is 2.10 bits per heavy atom. The predicted octanol–water partition coefficient (Wildman–Crippen LogP) is 1.51. The molecule has 104 valence electrons. The van der Waals surface area contributed by atoms with Gasteiger partial charge in [0, 0.05) is 25.9 Å². The molecule has 3 rings (SSSR count). The lowest BCUT2D eigenvalue weighted by atomic mass is 10.0. The van der Waals surface area contributed by atoms with Gasteiger partial charge in [-0.25, -0.2) is 4.98 Å². The van der Waals surface area contributed by atoms with Gasteiger partial charge in [0.15, 0.2) is 0 Å². The van der Waals surface area contributed by atoms with Crippen LogP contribution in [-0.4, -0.2) is 16.5 Å². The summed E-state index contributed by atoms with van der Waals surface area (Å²) in [7, 11) is 0. The summed E-state index contributed by atoms with van der Waals surface area (Å²) in [5.41, 5.74) is 4.39. The molecule has 1 aromatic heterocycles. The third-order valence-electron chi connectivity index (χ3n) is 3.88. The van der Waals surface area contributed by atoms with E-state index in [9.17, 15) is 4.79 Å². The van der Waals surface area contributed by atoms with E-state index in [0.717, 1.165) is 42.9 Å². The van der Waals surface area contributed by atoms with E-state index in [1.54, 1.807) is 0 Å². The Morgan fingerprint density at radius 1 is 1.25 bits per heavy atom. The minimum Gasteiger partial charge on any atom is -0.312 e. The fourth-order valence-corrected chi connectivity index (χ4v) is 2.67. The largest absolute Gasteiger partial charge is 0.312 e. The van der Waals surface area contributed by atoms with Gasteiger partial charge in [0.2, 0.25) is 0 Å². The molecule has 20 heavy (non-hydrogen) atoms. The zero-order valence-corrected chi connectivity index (χ0v) is 11.7. The first-order chi connectivity index (χ1) is 9.74. The van der Waals surface area contributed by atoms with Crippen LogP contribution in [-0.2, 0) is 25.8 Å². The van der Waals surface area contributed by atoms with Crippen LogP contribution in [0, 0.1) is 6.92 Å². The lowest BCUT2D eigenvalue weighted by Gasteiger charge is -2.16. The maximum absolute atomic E-state index is 12.0. The number of hydrogen-bond donors (Lipinski definition) is 2. The zero-order chi connectivity index (χ0) is 13.9. The Bertz CT molecular complexity index is 676. The summed E-state index contributed by atoms with van der Waals surface area (Å²) in [6.07, 6.45) is 2.53. The molecule has 2 N–H and O–H groups in total. The highest BCUT2D eigenvalue weighted by Crippen LogP contribution is 2.11. The number of aromatic nitrogens is 2. The molecule has 0 radical (unpaired) electrons. The van der Waals surface area contributed by atoms with Gasteiger partial charge in [0.25, 0.3) is 5.56 Å². The van der Waals surface area contributed by atoms with Gasteiger partial charge in [0.05, 0.1) is 11.3 Å². The number of aromatic amines is 1. The second-order valence-electron chi connectivity index (χ2n) is 5.29. The van der Waals surface area contributed by atoms with E-state index in [4.69, 9.17) is 0 Å². The first kappa shape index (κ1) is 13.1. The molecule has 2 aromatic rings. The van der Waals surface area contributed by atoms with Gasteiger partial charge < -0.3 is 10.3 Å². The fourth-order valence-electron chi connectivity index (χ4n) is 2.67. The molecule has 0 bridgehead atoms. The van der Waals surface area contributed by atoms with Gasteiger partial charge in [-0.1, -0.05) is 24.3 Å². The van der Waals surface area contributed by atoms with Crippen LogP contribution in [0.3, 0.4) is 0 Å². The normalized spacial score (nSPS) is 14.1. The van der Waals surface area contributed by atoms with E-state index in [1.807, 2.05) is 6.07 Å². The van der Waals surface area contributed by atoms with Crippen molar-refractivity contribution in [3.8, 4) is 0 Å². The molecule has 1 aliphatic heterocycles. The summed E-state index contributed by atoms with van der Waals surface area (Å²) < 4.78 is 0. The number of nitrogens with one attached hydrogen (secondary N) is 2. The van der Waals surface area contributed by atoms with Crippen LogP contribution in [0.15, 0.2) is 29.1 Å². The van der Waals surface area contributed by atoms with Crippen LogP contribution in [0.2, 0.25) is 0 Å². The van der Waals surface area contributed by atoms with Crippen molar-refractivity contribution in [2.75, 3.05) is 6.54 Å². The molecule has 4 nitrogen and oxygen atoms in total.